The second-order valence-corrected chi connectivity index (χ2v) is 2.59. The highest BCUT2D eigenvalue weighted by molar-refractivity contribution is 6.29. The van der Waals surface area contributed by atoms with Crippen molar-refractivity contribution in [1.82, 2.24) is 9.97 Å². The van der Waals surface area contributed by atoms with Crippen LogP contribution in [0.4, 0.5) is 5.82 Å². The van der Waals surface area contributed by atoms with E-state index < -0.39 is 0 Å². The lowest BCUT2D eigenvalue weighted by Gasteiger charge is -1.95. The lowest BCUT2D eigenvalue weighted by atomic mass is 10.3. The van der Waals surface area contributed by atoms with Gasteiger partial charge >= 0.3 is 0 Å². The number of aromatic nitrogens is 2. The summed E-state index contributed by atoms with van der Waals surface area (Å²) < 4.78 is 0. The van der Waals surface area contributed by atoms with Crippen molar-refractivity contribution in [2.24, 2.45) is 0 Å². The highest BCUT2D eigenvalue weighted by Gasteiger charge is 1.98. The van der Waals surface area contributed by atoms with E-state index in [2.05, 4.69) is 21.8 Å². The van der Waals surface area contributed by atoms with Gasteiger partial charge in [-0.05, 0) is 5.92 Å². The highest BCUT2D eigenvalue weighted by Crippen LogP contribution is 2.08. The number of hydrogen-bond acceptors (Lipinski definition) is 4. The van der Waals surface area contributed by atoms with Gasteiger partial charge in [0.05, 0.1) is 12.8 Å². The SMILES string of the molecule is Nc1nc(Cl)cnc1C#CCCO. The fourth-order valence-corrected chi connectivity index (χ4v) is 0.819. The van der Waals surface area contributed by atoms with E-state index in [0.29, 0.717) is 12.1 Å². The maximum Gasteiger partial charge on any atom is 0.159 e. The Labute approximate surface area is 80.8 Å². The molecule has 0 saturated heterocycles. The van der Waals surface area contributed by atoms with Gasteiger partial charge in [0.1, 0.15) is 5.15 Å². The Balaban J connectivity index is 2.85. The van der Waals surface area contributed by atoms with Crippen molar-refractivity contribution in [2.75, 3.05) is 12.3 Å². The summed E-state index contributed by atoms with van der Waals surface area (Å²) in [6.07, 6.45) is 1.77. The fourth-order valence-electron chi connectivity index (χ4n) is 0.679. The summed E-state index contributed by atoms with van der Waals surface area (Å²) in [6.45, 7) is 0.0217. The van der Waals surface area contributed by atoms with Crippen LogP contribution >= 0.6 is 11.6 Å². The van der Waals surface area contributed by atoms with Gasteiger partial charge in [-0.25, -0.2) is 9.97 Å². The monoisotopic (exact) mass is 197 g/mol. The van der Waals surface area contributed by atoms with Crippen LogP contribution in [0.5, 0.6) is 0 Å². The van der Waals surface area contributed by atoms with E-state index in [4.69, 9.17) is 22.4 Å². The number of hydrogen-bond donors (Lipinski definition) is 2. The summed E-state index contributed by atoms with van der Waals surface area (Å²) in [5.74, 6) is 5.57. The second-order valence-electron chi connectivity index (χ2n) is 2.20. The molecule has 0 aliphatic carbocycles. The minimum absolute atomic E-state index is 0.0217. The molecule has 5 heteroatoms. The van der Waals surface area contributed by atoms with Crippen molar-refractivity contribution < 1.29 is 5.11 Å². The van der Waals surface area contributed by atoms with Crippen LogP contribution in [0.25, 0.3) is 0 Å². The lowest BCUT2D eigenvalue weighted by Crippen LogP contribution is -1.97. The lowest BCUT2D eigenvalue weighted by molar-refractivity contribution is 0.305. The molecule has 0 atom stereocenters. The van der Waals surface area contributed by atoms with Crippen LogP contribution in [0, 0.1) is 11.8 Å². The summed E-state index contributed by atoms with van der Waals surface area (Å²) in [6, 6.07) is 0. The molecule has 0 aliphatic rings. The van der Waals surface area contributed by atoms with Crippen LogP contribution in [0.15, 0.2) is 6.20 Å². The predicted molar refractivity (Wildman–Crippen MR) is 50.0 cm³/mol. The molecule has 1 aromatic heterocycles. The van der Waals surface area contributed by atoms with Crippen molar-refractivity contribution in [3.05, 3.63) is 17.0 Å². The molecule has 13 heavy (non-hydrogen) atoms. The number of nitrogens with two attached hydrogens (primary N) is 1. The standard InChI is InChI=1S/C8H8ClN3O/c9-7-5-11-6(8(10)12-7)3-1-2-4-13/h5,13H,2,4H2,(H2,10,12). The van der Waals surface area contributed by atoms with Crippen LogP contribution in [-0.2, 0) is 0 Å². The first kappa shape index (κ1) is 9.78. The van der Waals surface area contributed by atoms with Crippen LogP contribution in [-0.4, -0.2) is 21.7 Å². The predicted octanol–water partition coefficient (Wildman–Crippen LogP) is 0.446. The number of anilines is 1. The van der Waals surface area contributed by atoms with Gasteiger partial charge in [0, 0.05) is 6.42 Å². The molecule has 68 valence electrons. The molecule has 0 saturated carbocycles. The van der Waals surface area contributed by atoms with Gasteiger partial charge in [-0.3, -0.25) is 0 Å². The third-order valence-electron chi connectivity index (χ3n) is 1.21. The number of aliphatic hydroxyl groups excluding tert-OH is 1. The first-order valence-electron chi connectivity index (χ1n) is 3.62. The van der Waals surface area contributed by atoms with E-state index in [-0.39, 0.29) is 17.6 Å². The molecule has 0 unspecified atom stereocenters. The Bertz CT molecular complexity index is 356. The summed E-state index contributed by atoms with van der Waals surface area (Å²) in [4.78, 5) is 7.64. The van der Waals surface area contributed by atoms with Gasteiger partial charge in [0.25, 0.3) is 0 Å². The first-order chi connectivity index (χ1) is 6.24. The number of aliphatic hydroxyl groups is 1. The van der Waals surface area contributed by atoms with E-state index in [1.807, 2.05) is 0 Å². The van der Waals surface area contributed by atoms with Crippen molar-refractivity contribution in [1.29, 1.82) is 0 Å². The van der Waals surface area contributed by atoms with E-state index in [1.165, 1.54) is 6.20 Å². The van der Waals surface area contributed by atoms with Crippen LogP contribution in [0.2, 0.25) is 5.15 Å². The van der Waals surface area contributed by atoms with Crippen molar-refractivity contribution in [3.8, 4) is 11.8 Å². The van der Waals surface area contributed by atoms with E-state index in [0.717, 1.165) is 0 Å². The Kier molecular flexibility index (Phi) is 3.50. The third kappa shape index (κ3) is 2.90. The number of halogens is 1. The van der Waals surface area contributed by atoms with Crippen molar-refractivity contribution in [2.45, 2.75) is 6.42 Å². The maximum absolute atomic E-state index is 8.47. The van der Waals surface area contributed by atoms with Gasteiger partial charge in [-0.15, -0.1) is 0 Å². The molecule has 0 bridgehead atoms. The molecule has 0 aromatic carbocycles. The Morgan fingerprint density at radius 1 is 1.62 bits per heavy atom. The van der Waals surface area contributed by atoms with Gasteiger partial charge in [0.15, 0.2) is 11.5 Å². The van der Waals surface area contributed by atoms with Crippen LogP contribution in [0.3, 0.4) is 0 Å². The van der Waals surface area contributed by atoms with Gasteiger partial charge in [-0.2, -0.15) is 0 Å². The largest absolute Gasteiger partial charge is 0.395 e. The Morgan fingerprint density at radius 3 is 3.00 bits per heavy atom. The average Bonchev–Trinajstić information content (AvgIpc) is 2.09. The molecule has 0 spiro atoms. The molecule has 0 aliphatic heterocycles. The van der Waals surface area contributed by atoms with E-state index in [1.54, 1.807) is 0 Å². The summed E-state index contributed by atoms with van der Waals surface area (Å²) >= 11 is 5.54. The van der Waals surface area contributed by atoms with Crippen LogP contribution in [0.1, 0.15) is 12.1 Å². The second kappa shape index (κ2) is 4.65. The molecule has 4 nitrogen and oxygen atoms in total. The normalized spacial score (nSPS) is 9.08. The van der Waals surface area contributed by atoms with Crippen molar-refractivity contribution >= 4 is 17.4 Å². The zero-order valence-electron chi connectivity index (χ0n) is 6.79. The highest BCUT2D eigenvalue weighted by atomic mass is 35.5. The zero-order valence-corrected chi connectivity index (χ0v) is 7.54. The topological polar surface area (TPSA) is 72.0 Å². The quantitative estimate of drug-likeness (QED) is 0.641. The van der Waals surface area contributed by atoms with E-state index in [9.17, 15) is 0 Å². The molecule has 0 amide bonds. The Hall–Kier alpha value is -1.31. The molecule has 0 fully saturated rings. The molecule has 1 aromatic rings. The molecular weight excluding hydrogens is 190 g/mol. The number of nitrogen functional groups attached to an aromatic ring is 1. The van der Waals surface area contributed by atoms with Crippen LogP contribution < -0.4 is 5.73 Å². The minimum Gasteiger partial charge on any atom is -0.395 e. The van der Waals surface area contributed by atoms with Crippen molar-refractivity contribution in [3.63, 3.8) is 0 Å². The average molecular weight is 198 g/mol. The molecule has 3 N–H and O–H groups in total. The smallest absolute Gasteiger partial charge is 0.159 e. The van der Waals surface area contributed by atoms with E-state index >= 15 is 0 Å². The molecule has 1 rings (SSSR count). The first-order valence-corrected chi connectivity index (χ1v) is 3.99. The third-order valence-corrected chi connectivity index (χ3v) is 1.40. The van der Waals surface area contributed by atoms with Gasteiger partial charge in [0.2, 0.25) is 0 Å². The molecule has 1 heterocycles. The number of rotatable bonds is 1. The number of nitrogens with zero attached hydrogens (tertiary/aromatic N) is 2. The summed E-state index contributed by atoms with van der Waals surface area (Å²) in [7, 11) is 0. The Morgan fingerprint density at radius 2 is 2.38 bits per heavy atom. The maximum atomic E-state index is 8.47. The molecular formula is C8H8ClN3O. The summed E-state index contributed by atoms with van der Waals surface area (Å²) in [5.41, 5.74) is 5.87. The van der Waals surface area contributed by atoms with Gasteiger partial charge < -0.3 is 10.8 Å². The molecule has 0 radical (unpaired) electrons. The minimum atomic E-state index is 0.0217. The zero-order chi connectivity index (χ0) is 9.68. The fraction of sp³-hybridized carbons (Fsp3) is 0.250. The summed E-state index contributed by atoms with van der Waals surface area (Å²) in [5, 5.41) is 8.71. The van der Waals surface area contributed by atoms with Gasteiger partial charge in [-0.1, -0.05) is 17.5 Å².